The standard InChI is InChI=1S/2C5H7NO3.Fe/c2*7-4-2-1-3(6-4)5(8)9;/h2*3H,1-2H2,(H,6,7)(H,8,9);. The number of hydrogen-bond donors (Lipinski definition) is 4. The molecular weight excluding hydrogens is 300 g/mol. The molecule has 2 amide bonds. The van der Waals surface area contributed by atoms with Gasteiger partial charge >= 0.3 is 11.9 Å². The van der Waals surface area contributed by atoms with E-state index in [0.29, 0.717) is 25.7 Å². The number of carboxylic acids is 2. The second-order valence-electron chi connectivity index (χ2n) is 3.99. The van der Waals surface area contributed by atoms with Crippen molar-refractivity contribution in [2.45, 2.75) is 37.8 Å². The molecule has 0 aromatic carbocycles. The number of carbonyl (C=O) groups excluding carboxylic acids is 2. The van der Waals surface area contributed by atoms with E-state index in [1.807, 2.05) is 0 Å². The zero-order valence-corrected chi connectivity index (χ0v) is 11.0. The van der Waals surface area contributed by atoms with Gasteiger partial charge in [-0.15, -0.1) is 0 Å². The molecule has 9 heteroatoms. The van der Waals surface area contributed by atoms with E-state index < -0.39 is 24.0 Å². The Morgan fingerprint density at radius 2 is 1.21 bits per heavy atom. The Labute approximate surface area is 119 Å². The molecule has 2 heterocycles. The van der Waals surface area contributed by atoms with Crippen molar-refractivity contribution >= 4 is 23.8 Å². The van der Waals surface area contributed by atoms with Crippen molar-refractivity contribution < 1.29 is 46.5 Å². The molecule has 2 atom stereocenters. The zero-order chi connectivity index (χ0) is 13.7. The molecule has 19 heavy (non-hydrogen) atoms. The van der Waals surface area contributed by atoms with Crippen LogP contribution >= 0.6 is 0 Å². The Bertz CT molecular complexity index is 350. The van der Waals surface area contributed by atoms with Crippen molar-refractivity contribution in [3.05, 3.63) is 0 Å². The summed E-state index contributed by atoms with van der Waals surface area (Å²) in [6, 6.07) is -1.28. The monoisotopic (exact) mass is 314 g/mol. The van der Waals surface area contributed by atoms with Gasteiger partial charge in [0.1, 0.15) is 12.1 Å². The van der Waals surface area contributed by atoms with E-state index >= 15 is 0 Å². The summed E-state index contributed by atoms with van der Waals surface area (Å²) < 4.78 is 0. The first-order valence-electron chi connectivity index (χ1n) is 5.44. The van der Waals surface area contributed by atoms with Crippen molar-refractivity contribution in [1.82, 2.24) is 10.6 Å². The van der Waals surface area contributed by atoms with E-state index in [4.69, 9.17) is 10.2 Å². The molecule has 2 fully saturated rings. The number of rotatable bonds is 2. The van der Waals surface area contributed by atoms with Crippen molar-refractivity contribution in [3.63, 3.8) is 0 Å². The SMILES string of the molecule is O=C1CCC(C(=O)O)N1.O=C1CCC(C(=O)O)N1.[Fe]. The fourth-order valence-electron chi connectivity index (χ4n) is 1.60. The van der Waals surface area contributed by atoms with Crippen LogP contribution in [0, 0.1) is 0 Å². The van der Waals surface area contributed by atoms with Gasteiger partial charge in [-0.3, -0.25) is 9.59 Å². The molecule has 0 saturated carbocycles. The Morgan fingerprint density at radius 3 is 1.32 bits per heavy atom. The van der Waals surface area contributed by atoms with Gasteiger partial charge in [0.15, 0.2) is 0 Å². The molecule has 2 aliphatic rings. The second kappa shape index (κ2) is 7.75. The minimum absolute atomic E-state index is 0. The third-order valence-corrected chi connectivity index (χ3v) is 2.59. The van der Waals surface area contributed by atoms with Crippen LogP contribution < -0.4 is 10.6 Å². The molecule has 2 saturated heterocycles. The van der Waals surface area contributed by atoms with Crippen LogP contribution in [0.2, 0.25) is 0 Å². The van der Waals surface area contributed by atoms with Crippen LogP contribution in [-0.2, 0) is 36.2 Å². The molecule has 2 rings (SSSR count). The molecule has 0 bridgehead atoms. The first-order chi connectivity index (χ1) is 8.40. The minimum atomic E-state index is -0.944. The number of carbonyl (C=O) groups is 4. The Hall–Kier alpha value is -1.60. The minimum Gasteiger partial charge on any atom is -0.480 e. The van der Waals surface area contributed by atoms with Crippen LogP contribution in [0.1, 0.15) is 25.7 Å². The number of hydrogen-bond acceptors (Lipinski definition) is 4. The van der Waals surface area contributed by atoms with Crippen molar-refractivity contribution in [1.29, 1.82) is 0 Å². The van der Waals surface area contributed by atoms with Gasteiger partial charge in [-0.25, -0.2) is 9.59 Å². The van der Waals surface area contributed by atoms with Gasteiger partial charge < -0.3 is 20.8 Å². The van der Waals surface area contributed by atoms with Crippen LogP contribution in [0.5, 0.6) is 0 Å². The van der Waals surface area contributed by atoms with E-state index in [1.54, 1.807) is 0 Å². The van der Waals surface area contributed by atoms with E-state index in [2.05, 4.69) is 10.6 Å². The predicted molar refractivity (Wildman–Crippen MR) is 57.6 cm³/mol. The number of carboxylic acid groups (broad SMARTS) is 2. The Kier molecular flexibility index (Phi) is 7.10. The maximum absolute atomic E-state index is 10.4. The van der Waals surface area contributed by atoms with Gasteiger partial charge in [-0.1, -0.05) is 0 Å². The maximum atomic E-state index is 10.4. The van der Waals surface area contributed by atoms with E-state index in [1.165, 1.54) is 0 Å². The molecule has 2 aliphatic heterocycles. The summed E-state index contributed by atoms with van der Waals surface area (Å²) in [5, 5.41) is 21.3. The van der Waals surface area contributed by atoms with Gasteiger partial charge in [0.2, 0.25) is 11.8 Å². The molecule has 0 aliphatic carbocycles. The van der Waals surface area contributed by atoms with Crippen molar-refractivity contribution in [3.8, 4) is 0 Å². The van der Waals surface area contributed by atoms with Crippen LogP contribution in [0.4, 0.5) is 0 Å². The van der Waals surface area contributed by atoms with Gasteiger partial charge in [-0.05, 0) is 12.8 Å². The topological polar surface area (TPSA) is 133 Å². The number of amides is 2. The van der Waals surface area contributed by atoms with Crippen LogP contribution in [-0.4, -0.2) is 46.0 Å². The summed E-state index contributed by atoms with van der Waals surface area (Å²) >= 11 is 0. The van der Waals surface area contributed by atoms with Crippen molar-refractivity contribution in [2.24, 2.45) is 0 Å². The second-order valence-corrected chi connectivity index (χ2v) is 3.99. The third-order valence-electron chi connectivity index (χ3n) is 2.59. The van der Waals surface area contributed by atoms with Gasteiger partial charge in [-0.2, -0.15) is 0 Å². The Morgan fingerprint density at radius 1 is 0.895 bits per heavy atom. The molecule has 108 valence electrons. The fraction of sp³-hybridized carbons (Fsp3) is 0.600. The first-order valence-corrected chi connectivity index (χ1v) is 5.44. The first kappa shape index (κ1) is 17.4. The normalized spacial score (nSPS) is 24.4. The smallest absolute Gasteiger partial charge is 0.326 e. The van der Waals surface area contributed by atoms with Crippen molar-refractivity contribution in [2.75, 3.05) is 0 Å². The van der Waals surface area contributed by atoms with Crippen LogP contribution in [0.3, 0.4) is 0 Å². The molecule has 0 aromatic rings. The molecule has 0 aromatic heterocycles. The molecular formula is C10H14FeN2O6. The van der Waals surface area contributed by atoms with E-state index in [0.717, 1.165) is 0 Å². The van der Waals surface area contributed by atoms with Gasteiger partial charge in [0.25, 0.3) is 0 Å². The number of aliphatic carboxylic acids is 2. The average Bonchev–Trinajstić information content (AvgIpc) is 2.88. The van der Waals surface area contributed by atoms with Crippen LogP contribution in [0.25, 0.3) is 0 Å². The molecule has 0 radical (unpaired) electrons. The van der Waals surface area contributed by atoms with Gasteiger partial charge in [0.05, 0.1) is 0 Å². The van der Waals surface area contributed by atoms with Gasteiger partial charge in [0, 0.05) is 29.9 Å². The number of nitrogens with one attached hydrogen (secondary N) is 2. The Balaban J connectivity index is 0.000000324. The maximum Gasteiger partial charge on any atom is 0.326 e. The van der Waals surface area contributed by atoms with Crippen LogP contribution in [0.15, 0.2) is 0 Å². The zero-order valence-electron chi connectivity index (χ0n) is 9.86. The van der Waals surface area contributed by atoms with E-state index in [-0.39, 0.29) is 28.9 Å². The summed E-state index contributed by atoms with van der Waals surface area (Å²) in [5.41, 5.74) is 0. The average molecular weight is 314 g/mol. The summed E-state index contributed by atoms with van der Waals surface area (Å²) in [6.45, 7) is 0. The predicted octanol–water partition coefficient (Wildman–Crippen LogP) is -1.30. The summed E-state index contributed by atoms with van der Waals surface area (Å²) in [5.74, 6) is -2.22. The molecule has 8 nitrogen and oxygen atoms in total. The largest absolute Gasteiger partial charge is 0.480 e. The van der Waals surface area contributed by atoms with E-state index in [9.17, 15) is 19.2 Å². The quantitative estimate of drug-likeness (QED) is 0.468. The summed E-state index contributed by atoms with van der Waals surface area (Å²) in [4.78, 5) is 41.0. The summed E-state index contributed by atoms with van der Waals surface area (Å²) in [7, 11) is 0. The third kappa shape index (κ3) is 5.71. The summed E-state index contributed by atoms with van der Waals surface area (Å²) in [6.07, 6.45) is 1.54. The molecule has 2 unspecified atom stereocenters. The fourth-order valence-corrected chi connectivity index (χ4v) is 1.60. The molecule has 0 spiro atoms. The molecule has 4 N–H and O–H groups in total.